The van der Waals surface area contributed by atoms with Crippen molar-refractivity contribution >= 4 is 5.91 Å². The maximum Gasteiger partial charge on any atom is 0.244 e. The fourth-order valence-electron chi connectivity index (χ4n) is 4.63. The van der Waals surface area contributed by atoms with Crippen molar-refractivity contribution < 1.29 is 13.9 Å². The Bertz CT molecular complexity index is 1070. The number of likely N-dealkylation sites (tertiary alicyclic amines) is 1. The molecule has 2 aliphatic heterocycles. The van der Waals surface area contributed by atoms with Crippen LogP contribution >= 0.6 is 0 Å². The molecule has 0 unspecified atom stereocenters. The monoisotopic (exact) mass is 449 g/mol. The molecule has 8 heteroatoms. The quantitative estimate of drug-likeness (QED) is 0.579. The standard InChI is InChI=1S/C25H28FN5O2/c26-21-3-1-19(2-4-21)15-23-16-24(20-5-9-27-10-6-20)28-31(23)17-25(32)29-11-7-22(8-12-29)30-13-14-33-18-30/h1-6,9-10,16,22H,7-8,11-15,17-18H2. The number of benzene rings is 1. The van der Waals surface area contributed by atoms with Crippen LogP contribution < -0.4 is 0 Å². The van der Waals surface area contributed by atoms with E-state index in [1.54, 1.807) is 29.2 Å². The van der Waals surface area contributed by atoms with Gasteiger partial charge in [0.2, 0.25) is 5.91 Å². The van der Waals surface area contributed by atoms with Crippen molar-refractivity contribution in [2.24, 2.45) is 0 Å². The van der Waals surface area contributed by atoms with E-state index in [1.807, 2.05) is 23.1 Å². The van der Waals surface area contributed by atoms with E-state index in [4.69, 9.17) is 9.84 Å². The third kappa shape index (κ3) is 5.12. The maximum absolute atomic E-state index is 13.4. The number of halogens is 1. The highest BCUT2D eigenvalue weighted by Gasteiger charge is 2.29. The molecule has 2 fully saturated rings. The van der Waals surface area contributed by atoms with Gasteiger partial charge in [0.25, 0.3) is 0 Å². The lowest BCUT2D eigenvalue weighted by atomic mass is 10.0. The van der Waals surface area contributed by atoms with Crippen molar-refractivity contribution in [3.63, 3.8) is 0 Å². The Morgan fingerprint density at radius 3 is 2.52 bits per heavy atom. The molecule has 0 bridgehead atoms. The predicted molar refractivity (Wildman–Crippen MR) is 122 cm³/mol. The fourth-order valence-corrected chi connectivity index (χ4v) is 4.63. The van der Waals surface area contributed by atoms with Crippen LogP contribution in [0.15, 0.2) is 54.9 Å². The zero-order valence-electron chi connectivity index (χ0n) is 18.6. The summed E-state index contributed by atoms with van der Waals surface area (Å²) < 4.78 is 20.6. The number of hydrogen-bond donors (Lipinski definition) is 0. The number of piperidine rings is 1. The summed E-state index contributed by atoms with van der Waals surface area (Å²) in [6.45, 7) is 4.19. The number of aromatic nitrogens is 3. The first-order chi connectivity index (χ1) is 16.2. The second-order valence-electron chi connectivity index (χ2n) is 8.68. The van der Waals surface area contributed by atoms with Crippen LogP contribution in [0.4, 0.5) is 4.39 Å². The summed E-state index contributed by atoms with van der Waals surface area (Å²) in [5.41, 5.74) is 3.64. The number of hydrogen-bond acceptors (Lipinski definition) is 5. The summed E-state index contributed by atoms with van der Waals surface area (Å²) in [6.07, 6.45) is 5.98. The van der Waals surface area contributed by atoms with E-state index >= 15 is 0 Å². The molecule has 1 amide bonds. The van der Waals surface area contributed by atoms with E-state index in [-0.39, 0.29) is 18.3 Å². The van der Waals surface area contributed by atoms with Gasteiger partial charge in [-0.1, -0.05) is 12.1 Å². The van der Waals surface area contributed by atoms with Crippen LogP contribution in [0.25, 0.3) is 11.3 Å². The lowest BCUT2D eigenvalue weighted by molar-refractivity contribution is -0.133. The second-order valence-corrected chi connectivity index (χ2v) is 8.68. The van der Waals surface area contributed by atoms with Crippen LogP contribution in [-0.4, -0.2) is 69.5 Å². The van der Waals surface area contributed by atoms with Crippen LogP contribution in [0, 0.1) is 5.82 Å². The number of pyridine rings is 1. The Balaban J connectivity index is 1.31. The lowest BCUT2D eigenvalue weighted by Crippen LogP contribution is -2.47. The number of amides is 1. The van der Waals surface area contributed by atoms with Gasteiger partial charge in [-0.3, -0.25) is 19.4 Å². The zero-order valence-corrected chi connectivity index (χ0v) is 18.6. The van der Waals surface area contributed by atoms with E-state index in [2.05, 4.69) is 9.88 Å². The van der Waals surface area contributed by atoms with Gasteiger partial charge in [0, 0.05) is 55.7 Å². The van der Waals surface area contributed by atoms with Crippen molar-refractivity contribution in [2.45, 2.75) is 31.8 Å². The first-order valence-corrected chi connectivity index (χ1v) is 11.5. The number of rotatable bonds is 6. The highest BCUT2D eigenvalue weighted by Crippen LogP contribution is 2.22. The van der Waals surface area contributed by atoms with Crippen LogP contribution in [-0.2, 0) is 22.5 Å². The van der Waals surface area contributed by atoms with Gasteiger partial charge in [0.05, 0.1) is 19.0 Å². The molecule has 172 valence electrons. The minimum Gasteiger partial charge on any atom is -0.365 e. The average molecular weight is 450 g/mol. The molecule has 2 aliphatic rings. The summed E-state index contributed by atoms with van der Waals surface area (Å²) in [6, 6.07) is 12.8. The third-order valence-corrected chi connectivity index (χ3v) is 6.54. The van der Waals surface area contributed by atoms with Gasteiger partial charge < -0.3 is 9.64 Å². The molecule has 2 saturated heterocycles. The Morgan fingerprint density at radius 1 is 1.06 bits per heavy atom. The number of ether oxygens (including phenoxy) is 1. The summed E-state index contributed by atoms with van der Waals surface area (Å²) in [4.78, 5) is 21.6. The molecule has 7 nitrogen and oxygen atoms in total. The van der Waals surface area contributed by atoms with Crippen molar-refractivity contribution in [3.8, 4) is 11.3 Å². The number of nitrogens with zero attached hydrogens (tertiary/aromatic N) is 5. The van der Waals surface area contributed by atoms with E-state index in [0.717, 1.165) is 61.6 Å². The third-order valence-electron chi connectivity index (χ3n) is 6.54. The smallest absolute Gasteiger partial charge is 0.244 e. The molecule has 5 rings (SSSR count). The van der Waals surface area contributed by atoms with E-state index < -0.39 is 0 Å². The fraction of sp³-hybridized carbons (Fsp3) is 0.400. The first-order valence-electron chi connectivity index (χ1n) is 11.5. The highest BCUT2D eigenvalue weighted by molar-refractivity contribution is 5.76. The maximum atomic E-state index is 13.4. The molecule has 2 aromatic heterocycles. The van der Waals surface area contributed by atoms with Gasteiger partial charge >= 0.3 is 0 Å². The van der Waals surface area contributed by atoms with Crippen LogP contribution in [0.1, 0.15) is 24.1 Å². The molecule has 1 aromatic carbocycles. The van der Waals surface area contributed by atoms with Crippen molar-refractivity contribution in [1.82, 2.24) is 24.6 Å². The molecule has 0 aliphatic carbocycles. The van der Waals surface area contributed by atoms with Crippen LogP contribution in [0.3, 0.4) is 0 Å². The Labute approximate surface area is 192 Å². The largest absolute Gasteiger partial charge is 0.365 e. The predicted octanol–water partition coefficient (Wildman–Crippen LogP) is 2.96. The van der Waals surface area contributed by atoms with E-state index in [9.17, 15) is 9.18 Å². The summed E-state index contributed by atoms with van der Waals surface area (Å²) >= 11 is 0. The molecule has 0 N–H and O–H groups in total. The molecule has 33 heavy (non-hydrogen) atoms. The molecule has 0 atom stereocenters. The van der Waals surface area contributed by atoms with Gasteiger partial charge in [-0.05, 0) is 48.7 Å². The summed E-state index contributed by atoms with van der Waals surface area (Å²) in [7, 11) is 0. The molecule has 0 saturated carbocycles. The molecule has 0 radical (unpaired) electrons. The minimum atomic E-state index is -0.260. The van der Waals surface area contributed by atoms with Gasteiger partial charge in [-0.25, -0.2) is 4.39 Å². The Hall–Kier alpha value is -3.10. The van der Waals surface area contributed by atoms with Gasteiger partial charge in [-0.15, -0.1) is 0 Å². The molecule has 3 aromatic rings. The van der Waals surface area contributed by atoms with Crippen molar-refractivity contribution in [2.75, 3.05) is 33.0 Å². The van der Waals surface area contributed by atoms with Gasteiger partial charge in [0.1, 0.15) is 12.4 Å². The molecular weight excluding hydrogens is 421 g/mol. The number of carbonyl (C=O) groups excluding carboxylic acids is 1. The van der Waals surface area contributed by atoms with E-state index in [0.29, 0.717) is 19.2 Å². The zero-order chi connectivity index (χ0) is 22.6. The highest BCUT2D eigenvalue weighted by atomic mass is 19.1. The Morgan fingerprint density at radius 2 is 1.82 bits per heavy atom. The van der Waals surface area contributed by atoms with Crippen LogP contribution in [0.5, 0.6) is 0 Å². The van der Waals surface area contributed by atoms with Crippen LogP contribution in [0.2, 0.25) is 0 Å². The second kappa shape index (κ2) is 9.80. The number of carbonyl (C=O) groups is 1. The van der Waals surface area contributed by atoms with Gasteiger partial charge in [-0.2, -0.15) is 5.10 Å². The van der Waals surface area contributed by atoms with E-state index in [1.165, 1.54) is 12.1 Å². The molecule has 0 spiro atoms. The first kappa shape index (κ1) is 21.7. The molecule has 4 heterocycles. The molecular formula is C25H28FN5O2. The SMILES string of the molecule is O=C(Cn1nc(-c2ccncc2)cc1Cc1ccc(F)cc1)N1CCC(N2CCOC2)CC1. The summed E-state index contributed by atoms with van der Waals surface area (Å²) in [5.74, 6) is -0.181. The Kier molecular flexibility index (Phi) is 6.46. The summed E-state index contributed by atoms with van der Waals surface area (Å²) in [5, 5.41) is 4.75. The average Bonchev–Trinajstić information content (AvgIpc) is 3.52. The van der Waals surface area contributed by atoms with Crippen molar-refractivity contribution in [3.05, 3.63) is 71.9 Å². The van der Waals surface area contributed by atoms with Crippen molar-refractivity contribution in [1.29, 1.82) is 0 Å². The topological polar surface area (TPSA) is 63.5 Å². The normalized spacial score (nSPS) is 17.5. The minimum absolute atomic E-state index is 0.0795. The lowest BCUT2D eigenvalue weighted by Gasteiger charge is -2.36. The van der Waals surface area contributed by atoms with Gasteiger partial charge in [0.15, 0.2) is 0 Å².